The van der Waals surface area contributed by atoms with Gasteiger partial charge in [0.15, 0.2) is 0 Å². The van der Waals surface area contributed by atoms with E-state index in [1.54, 1.807) is 0 Å². The number of carbonyl (C=O) groups is 1. The first-order chi connectivity index (χ1) is 16.6. The Morgan fingerprint density at radius 1 is 0.944 bits per heavy atom. The van der Waals surface area contributed by atoms with Crippen molar-refractivity contribution in [1.29, 1.82) is 0 Å². The van der Waals surface area contributed by atoms with E-state index >= 15 is 0 Å². The minimum absolute atomic E-state index is 0.000613. The number of allylic oxidation sites excluding steroid dienone is 2. The van der Waals surface area contributed by atoms with Crippen molar-refractivity contribution in [1.82, 2.24) is 0 Å². The van der Waals surface area contributed by atoms with Crippen LogP contribution in [0, 0.1) is 50.2 Å². The molecule has 0 unspecified atom stereocenters. The van der Waals surface area contributed by atoms with Crippen LogP contribution < -0.4 is 0 Å². The molecule has 0 spiro atoms. The second-order valence-corrected chi connectivity index (χ2v) is 15.5. The zero-order chi connectivity index (χ0) is 26.5. The van der Waals surface area contributed by atoms with Crippen LogP contribution in [-0.4, -0.2) is 45.2 Å². The molecule has 0 radical (unpaired) electrons. The third kappa shape index (κ3) is 3.33. The first kappa shape index (κ1) is 26.7. The molecule has 5 aliphatic rings. The van der Waals surface area contributed by atoms with Crippen molar-refractivity contribution in [3.63, 3.8) is 0 Å². The molecule has 4 N–H and O–H groups in total. The maximum absolute atomic E-state index is 12.1. The maximum atomic E-state index is 12.1. The normalized spacial score (nSPS) is 53.8. The summed E-state index contributed by atoms with van der Waals surface area (Å²) < 4.78 is 0. The van der Waals surface area contributed by atoms with Gasteiger partial charge in [0.25, 0.3) is 0 Å². The highest BCUT2D eigenvalue weighted by Gasteiger charge is 2.69. The lowest BCUT2D eigenvalue weighted by Gasteiger charge is -2.72. The van der Waals surface area contributed by atoms with Crippen LogP contribution in [0.15, 0.2) is 11.6 Å². The number of hydrogen-bond donors (Lipinski definition) is 4. The number of aliphatic hydroxyl groups is 3. The second kappa shape index (κ2) is 8.05. The van der Waals surface area contributed by atoms with Crippen molar-refractivity contribution in [2.45, 2.75) is 118 Å². The van der Waals surface area contributed by atoms with Gasteiger partial charge >= 0.3 is 5.97 Å². The van der Waals surface area contributed by atoms with Crippen molar-refractivity contribution in [3.05, 3.63) is 11.6 Å². The molecule has 4 saturated carbocycles. The molecule has 5 heteroatoms. The van der Waals surface area contributed by atoms with Gasteiger partial charge in [-0.05, 0) is 103 Å². The summed E-state index contributed by atoms with van der Waals surface area (Å²) in [5.41, 5.74) is 0.797. The van der Waals surface area contributed by atoms with Crippen LogP contribution in [0.3, 0.4) is 0 Å². The van der Waals surface area contributed by atoms with E-state index in [4.69, 9.17) is 0 Å². The summed E-state index contributed by atoms with van der Waals surface area (Å²) in [5.74, 6) is 0.179. The quantitative estimate of drug-likeness (QED) is 0.379. The lowest BCUT2D eigenvalue weighted by atomic mass is 9.33. The number of aliphatic carboxylic acids is 1. The monoisotopic (exact) mass is 502 g/mol. The fraction of sp³-hybridized carbons (Fsp3) is 0.903. The molecular weight excluding hydrogens is 452 g/mol. The molecule has 204 valence electrons. The molecular formula is C31H50O5. The summed E-state index contributed by atoms with van der Waals surface area (Å²) in [5, 5.41) is 42.3. The molecule has 0 heterocycles. The largest absolute Gasteiger partial charge is 0.481 e. The van der Waals surface area contributed by atoms with Crippen molar-refractivity contribution >= 4 is 5.97 Å². The van der Waals surface area contributed by atoms with Crippen molar-refractivity contribution in [2.24, 2.45) is 50.2 Å². The van der Waals surface area contributed by atoms with Crippen LogP contribution in [0.25, 0.3) is 0 Å². The van der Waals surface area contributed by atoms with Gasteiger partial charge in [-0.25, -0.2) is 0 Å². The van der Waals surface area contributed by atoms with E-state index in [0.717, 1.165) is 51.4 Å². The van der Waals surface area contributed by atoms with Gasteiger partial charge in [0.05, 0.1) is 25.2 Å². The topological polar surface area (TPSA) is 98.0 Å². The van der Waals surface area contributed by atoms with Gasteiger partial charge in [0, 0.05) is 5.41 Å². The van der Waals surface area contributed by atoms with Crippen LogP contribution >= 0.6 is 0 Å². The molecule has 0 amide bonds. The molecule has 36 heavy (non-hydrogen) atoms. The average Bonchev–Trinajstić information content (AvgIpc) is 2.78. The van der Waals surface area contributed by atoms with E-state index in [0.29, 0.717) is 18.3 Å². The molecule has 0 bridgehead atoms. The first-order valence-electron chi connectivity index (χ1n) is 14.5. The summed E-state index contributed by atoms with van der Waals surface area (Å²) in [6.45, 7) is 13.9. The van der Waals surface area contributed by atoms with Gasteiger partial charge in [0.1, 0.15) is 0 Å². The number of rotatable bonds is 3. The van der Waals surface area contributed by atoms with E-state index in [2.05, 4.69) is 40.7 Å². The van der Waals surface area contributed by atoms with Crippen LogP contribution in [-0.2, 0) is 4.79 Å². The fourth-order valence-electron chi connectivity index (χ4n) is 11.1. The number of hydrogen-bond acceptors (Lipinski definition) is 4. The molecule has 0 saturated heterocycles. The van der Waals surface area contributed by atoms with Crippen LogP contribution in [0.4, 0.5) is 0 Å². The highest BCUT2D eigenvalue weighted by Crippen LogP contribution is 2.76. The summed E-state index contributed by atoms with van der Waals surface area (Å²) in [7, 11) is 0. The third-order valence-electron chi connectivity index (χ3n) is 13.4. The minimum atomic E-state index is -0.897. The van der Waals surface area contributed by atoms with Gasteiger partial charge in [0.2, 0.25) is 0 Å². The first-order valence-corrected chi connectivity index (χ1v) is 14.5. The zero-order valence-electron chi connectivity index (χ0n) is 23.4. The lowest BCUT2D eigenvalue weighted by Crippen LogP contribution is -2.68. The van der Waals surface area contributed by atoms with Gasteiger partial charge in [-0.2, -0.15) is 0 Å². The molecule has 4 fully saturated rings. The second-order valence-electron chi connectivity index (χ2n) is 15.5. The Morgan fingerprint density at radius 3 is 2.25 bits per heavy atom. The highest BCUT2D eigenvalue weighted by atomic mass is 16.4. The smallest absolute Gasteiger partial charge is 0.303 e. The summed E-state index contributed by atoms with van der Waals surface area (Å²) in [4.78, 5) is 12.1. The summed E-state index contributed by atoms with van der Waals surface area (Å²) in [6, 6.07) is 0. The molecule has 5 nitrogen and oxygen atoms in total. The Balaban J connectivity index is 1.59. The van der Waals surface area contributed by atoms with E-state index in [9.17, 15) is 25.2 Å². The molecule has 0 aliphatic heterocycles. The Morgan fingerprint density at radius 2 is 1.61 bits per heavy atom. The maximum Gasteiger partial charge on any atom is 0.303 e. The highest BCUT2D eigenvalue weighted by molar-refractivity contribution is 5.68. The number of aliphatic hydroxyl groups excluding tert-OH is 3. The van der Waals surface area contributed by atoms with Crippen molar-refractivity contribution < 1.29 is 25.2 Å². The fourth-order valence-corrected chi connectivity index (χ4v) is 11.1. The molecule has 0 aromatic carbocycles. The zero-order valence-corrected chi connectivity index (χ0v) is 23.4. The van der Waals surface area contributed by atoms with Crippen molar-refractivity contribution in [3.8, 4) is 0 Å². The minimum Gasteiger partial charge on any atom is -0.481 e. The van der Waals surface area contributed by atoms with Gasteiger partial charge < -0.3 is 20.4 Å². The number of fused-ring (bicyclic) bond motifs is 7. The van der Waals surface area contributed by atoms with E-state index in [-0.39, 0.29) is 46.0 Å². The van der Waals surface area contributed by atoms with Gasteiger partial charge in [-0.15, -0.1) is 0 Å². The Hall–Kier alpha value is -0.910. The molecule has 5 aliphatic carbocycles. The SMILES string of the molecule is CC1(C)CC[C@]2(CC(=O)O)CC[C@]3(C)C(=CC[C@@H]4[C@@]5(C)C[C@@H](O)[C@H](O)[C@](C)(CO)[C@@H]5CC[C@]43C)[C@@H]2C1. The van der Waals surface area contributed by atoms with Crippen LogP contribution in [0.2, 0.25) is 0 Å². The van der Waals surface area contributed by atoms with Crippen LogP contribution in [0.5, 0.6) is 0 Å². The standard InChI is InChI=1S/C31H50O5/c1-26(2)11-13-31(17-24(34)35)14-12-29(5)19(20(31)15-26)7-8-23-27(3)16-21(33)25(36)28(4,18-32)22(27)9-10-30(23,29)6/h7,20-23,25,32-33,36H,8-18H2,1-6H3,(H,34,35)/t20-,21+,22+,23+,25-,27-,28+,29+,30+,31+/m0/s1. The molecule has 0 aromatic rings. The van der Waals surface area contributed by atoms with Crippen molar-refractivity contribution in [2.75, 3.05) is 6.61 Å². The van der Waals surface area contributed by atoms with E-state index in [1.807, 2.05) is 6.92 Å². The molecule has 0 aromatic heterocycles. The molecule has 10 atom stereocenters. The summed E-state index contributed by atoms with van der Waals surface area (Å²) in [6.07, 6.45) is 9.76. The van der Waals surface area contributed by atoms with E-state index in [1.165, 1.54) is 5.57 Å². The number of carboxylic acid groups (broad SMARTS) is 1. The Labute approximate surface area is 217 Å². The molecule has 5 rings (SSSR count). The number of carboxylic acids is 1. The van der Waals surface area contributed by atoms with Gasteiger partial charge in [-0.3, -0.25) is 4.79 Å². The average molecular weight is 503 g/mol. The van der Waals surface area contributed by atoms with E-state index < -0.39 is 23.6 Å². The lowest BCUT2D eigenvalue weighted by molar-refractivity contribution is -0.243. The predicted octanol–water partition coefficient (Wildman–Crippen LogP) is 5.57. The Kier molecular flexibility index (Phi) is 5.97. The predicted molar refractivity (Wildman–Crippen MR) is 140 cm³/mol. The van der Waals surface area contributed by atoms with Crippen LogP contribution in [0.1, 0.15) is 106 Å². The Bertz CT molecular complexity index is 957. The van der Waals surface area contributed by atoms with Gasteiger partial charge in [-0.1, -0.05) is 53.2 Å². The third-order valence-corrected chi connectivity index (χ3v) is 13.4. The summed E-state index contributed by atoms with van der Waals surface area (Å²) >= 11 is 0.